The van der Waals surface area contributed by atoms with E-state index in [1.54, 1.807) is 7.11 Å². The third kappa shape index (κ3) is 5.19. The van der Waals surface area contributed by atoms with Gasteiger partial charge in [-0.15, -0.1) is 11.3 Å². The van der Waals surface area contributed by atoms with Gasteiger partial charge in [0.2, 0.25) is 0 Å². The maximum atomic E-state index is 12.0. The van der Waals surface area contributed by atoms with E-state index >= 15 is 0 Å². The standard InChI is InChI=1S/C14H24N2O3S/c1-10-12(20-11(16-10)8-19-4)13(18)15-7-5-6-14(2,3)9-17/h17H,5-9H2,1-4H3,(H,15,18). The summed E-state index contributed by atoms with van der Waals surface area (Å²) in [4.78, 5) is 17.0. The van der Waals surface area contributed by atoms with Crippen LogP contribution in [0.3, 0.4) is 0 Å². The number of carbonyl (C=O) groups is 1. The van der Waals surface area contributed by atoms with E-state index in [1.165, 1.54) is 11.3 Å². The molecule has 0 radical (unpaired) electrons. The molecule has 1 heterocycles. The highest BCUT2D eigenvalue weighted by Crippen LogP contribution is 2.21. The van der Waals surface area contributed by atoms with Gasteiger partial charge < -0.3 is 15.2 Å². The molecule has 20 heavy (non-hydrogen) atoms. The number of hydrogen-bond acceptors (Lipinski definition) is 5. The Bertz CT molecular complexity index is 444. The van der Waals surface area contributed by atoms with Crippen LogP contribution in [-0.2, 0) is 11.3 Å². The summed E-state index contributed by atoms with van der Waals surface area (Å²) in [6.07, 6.45) is 1.72. The molecule has 114 valence electrons. The van der Waals surface area contributed by atoms with E-state index in [0.29, 0.717) is 18.0 Å². The lowest BCUT2D eigenvalue weighted by molar-refractivity contribution is 0.0952. The van der Waals surface area contributed by atoms with Gasteiger partial charge in [0.05, 0.1) is 12.3 Å². The summed E-state index contributed by atoms with van der Waals surface area (Å²) >= 11 is 1.37. The maximum absolute atomic E-state index is 12.0. The second kappa shape index (κ2) is 7.71. The predicted molar refractivity (Wildman–Crippen MR) is 80.0 cm³/mol. The highest BCUT2D eigenvalue weighted by Gasteiger charge is 2.17. The normalized spacial score (nSPS) is 11.7. The number of hydrogen-bond donors (Lipinski definition) is 2. The maximum Gasteiger partial charge on any atom is 0.263 e. The number of carbonyl (C=O) groups excluding carboxylic acids is 1. The first-order valence-corrected chi connectivity index (χ1v) is 7.55. The molecule has 0 aromatic carbocycles. The molecule has 0 saturated carbocycles. The lowest BCUT2D eigenvalue weighted by atomic mass is 9.89. The van der Waals surface area contributed by atoms with Crippen molar-refractivity contribution in [1.82, 2.24) is 10.3 Å². The van der Waals surface area contributed by atoms with Crippen molar-refractivity contribution in [3.8, 4) is 0 Å². The summed E-state index contributed by atoms with van der Waals surface area (Å²) in [7, 11) is 1.61. The molecule has 1 aromatic heterocycles. The molecule has 0 aliphatic carbocycles. The number of thiazole rings is 1. The minimum Gasteiger partial charge on any atom is -0.396 e. The van der Waals surface area contributed by atoms with Crippen molar-refractivity contribution in [3.63, 3.8) is 0 Å². The first-order valence-electron chi connectivity index (χ1n) is 6.74. The molecule has 0 atom stereocenters. The molecule has 0 saturated heterocycles. The summed E-state index contributed by atoms with van der Waals surface area (Å²) in [5.74, 6) is -0.0795. The third-order valence-corrected chi connectivity index (χ3v) is 4.19. The molecule has 1 rings (SSSR count). The van der Waals surface area contributed by atoms with Crippen molar-refractivity contribution in [2.45, 2.75) is 40.2 Å². The summed E-state index contributed by atoms with van der Waals surface area (Å²) in [5, 5.41) is 12.9. The molecular formula is C14H24N2O3S. The minimum absolute atomic E-state index is 0.0795. The Morgan fingerprint density at radius 1 is 1.50 bits per heavy atom. The molecule has 1 amide bonds. The van der Waals surface area contributed by atoms with Crippen molar-refractivity contribution in [1.29, 1.82) is 0 Å². The van der Waals surface area contributed by atoms with Crippen LogP contribution in [0.15, 0.2) is 0 Å². The monoisotopic (exact) mass is 300 g/mol. The average molecular weight is 300 g/mol. The number of aliphatic hydroxyl groups is 1. The zero-order chi connectivity index (χ0) is 15.2. The SMILES string of the molecule is COCc1nc(C)c(C(=O)NCCCC(C)(C)CO)s1. The first kappa shape index (κ1) is 17.1. The number of methoxy groups -OCH3 is 1. The van der Waals surface area contributed by atoms with Crippen molar-refractivity contribution in [2.75, 3.05) is 20.3 Å². The van der Waals surface area contributed by atoms with Crippen LogP contribution >= 0.6 is 11.3 Å². The molecule has 0 bridgehead atoms. The summed E-state index contributed by atoms with van der Waals surface area (Å²) in [5.41, 5.74) is 0.659. The lowest BCUT2D eigenvalue weighted by Gasteiger charge is -2.21. The van der Waals surface area contributed by atoms with E-state index in [4.69, 9.17) is 9.84 Å². The van der Waals surface area contributed by atoms with Crippen LogP contribution in [0, 0.1) is 12.3 Å². The Morgan fingerprint density at radius 3 is 2.80 bits per heavy atom. The van der Waals surface area contributed by atoms with Gasteiger partial charge in [-0.3, -0.25) is 4.79 Å². The summed E-state index contributed by atoms with van der Waals surface area (Å²) < 4.78 is 5.02. The zero-order valence-electron chi connectivity index (χ0n) is 12.7. The van der Waals surface area contributed by atoms with Crippen molar-refractivity contribution in [2.24, 2.45) is 5.41 Å². The smallest absolute Gasteiger partial charge is 0.263 e. The predicted octanol–water partition coefficient (Wildman–Crippen LogP) is 2.13. The Hall–Kier alpha value is -0.980. The zero-order valence-corrected chi connectivity index (χ0v) is 13.5. The Morgan fingerprint density at radius 2 is 2.20 bits per heavy atom. The quantitative estimate of drug-likeness (QED) is 0.721. The average Bonchev–Trinajstić information content (AvgIpc) is 2.76. The fourth-order valence-corrected chi connectivity index (χ4v) is 2.73. The number of aliphatic hydroxyl groups excluding tert-OH is 1. The van der Waals surface area contributed by atoms with E-state index in [2.05, 4.69) is 10.3 Å². The van der Waals surface area contributed by atoms with Gasteiger partial charge in [-0.25, -0.2) is 4.98 Å². The van der Waals surface area contributed by atoms with Crippen LogP contribution in [0.5, 0.6) is 0 Å². The van der Waals surface area contributed by atoms with E-state index in [1.807, 2.05) is 20.8 Å². The van der Waals surface area contributed by atoms with Gasteiger partial charge in [0, 0.05) is 20.3 Å². The topological polar surface area (TPSA) is 71.5 Å². The van der Waals surface area contributed by atoms with Gasteiger partial charge in [0.1, 0.15) is 9.88 Å². The second-order valence-electron chi connectivity index (χ2n) is 5.64. The van der Waals surface area contributed by atoms with Crippen molar-refractivity contribution in [3.05, 3.63) is 15.6 Å². The van der Waals surface area contributed by atoms with Crippen molar-refractivity contribution < 1.29 is 14.6 Å². The molecular weight excluding hydrogens is 276 g/mol. The van der Waals surface area contributed by atoms with E-state index in [9.17, 15) is 4.79 Å². The molecule has 5 nitrogen and oxygen atoms in total. The third-order valence-electron chi connectivity index (χ3n) is 3.06. The number of amides is 1. The molecule has 2 N–H and O–H groups in total. The Labute approximate surface area is 124 Å². The van der Waals surface area contributed by atoms with Gasteiger partial charge in [-0.2, -0.15) is 0 Å². The minimum atomic E-state index is -0.0865. The van der Waals surface area contributed by atoms with Gasteiger partial charge in [0.15, 0.2) is 0 Å². The molecule has 0 fully saturated rings. The molecule has 0 unspecified atom stereocenters. The van der Waals surface area contributed by atoms with Crippen LogP contribution in [-0.4, -0.2) is 36.3 Å². The number of ether oxygens (including phenoxy) is 1. The number of aromatic nitrogens is 1. The second-order valence-corrected chi connectivity index (χ2v) is 6.72. The number of rotatable bonds is 8. The fourth-order valence-electron chi connectivity index (χ4n) is 1.78. The van der Waals surface area contributed by atoms with Crippen LogP contribution in [0.1, 0.15) is 47.1 Å². The number of nitrogens with one attached hydrogen (secondary N) is 1. The Kier molecular flexibility index (Phi) is 6.58. The van der Waals surface area contributed by atoms with Crippen LogP contribution in [0.2, 0.25) is 0 Å². The van der Waals surface area contributed by atoms with Crippen LogP contribution in [0.4, 0.5) is 0 Å². The summed E-state index contributed by atoms with van der Waals surface area (Å²) in [6.45, 7) is 7.07. The molecule has 6 heteroatoms. The van der Waals surface area contributed by atoms with Gasteiger partial charge in [-0.1, -0.05) is 13.8 Å². The molecule has 0 aliphatic heterocycles. The highest BCUT2D eigenvalue weighted by molar-refractivity contribution is 7.13. The van der Waals surface area contributed by atoms with E-state index in [-0.39, 0.29) is 17.9 Å². The molecule has 1 aromatic rings. The van der Waals surface area contributed by atoms with Gasteiger partial charge >= 0.3 is 0 Å². The lowest BCUT2D eigenvalue weighted by Crippen LogP contribution is -2.26. The van der Waals surface area contributed by atoms with E-state index in [0.717, 1.165) is 23.5 Å². The van der Waals surface area contributed by atoms with Crippen molar-refractivity contribution >= 4 is 17.2 Å². The largest absolute Gasteiger partial charge is 0.396 e. The van der Waals surface area contributed by atoms with Gasteiger partial charge in [-0.05, 0) is 25.2 Å². The number of nitrogens with zero attached hydrogens (tertiary/aromatic N) is 1. The van der Waals surface area contributed by atoms with E-state index < -0.39 is 0 Å². The fraction of sp³-hybridized carbons (Fsp3) is 0.714. The van der Waals surface area contributed by atoms with Crippen LogP contribution < -0.4 is 5.32 Å². The Balaban J connectivity index is 2.43. The molecule has 0 aliphatic rings. The number of aryl methyl sites for hydroxylation is 1. The van der Waals surface area contributed by atoms with Crippen LogP contribution in [0.25, 0.3) is 0 Å². The highest BCUT2D eigenvalue weighted by atomic mass is 32.1. The first-order chi connectivity index (χ1) is 9.39. The van der Waals surface area contributed by atoms with Gasteiger partial charge in [0.25, 0.3) is 5.91 Å². The summed E-state index contributed by atoms with van der Waals surface area (Å²) in [6, 6.07) is 0. The molecule has 0 spiro atoms.